The third-order valence-electron chi connectivity index (χ3n) is 1.77. The molecule has 1 aromatic rings. The number of benzene rings is 1. The first-order valence-corrected chi connectivity index (χ1v) is 4.28. The first-order chi connectivity index (χ1) is 6.22. The molecule has 13 heavy (non-hydrogen) atoms. The van der Waals surface area contributed by atoms with Gasteiger partial charge in [-0.2, -0.15) is 0 Å². The second kappa shape index (κ2) is 4.77. The van der Waals surface area contributed by atoms with Gasteiger partial charge in [0, 0.05) is 6.54 Å². The van der Waals surface area contributed by atoms with Gasteiger partial charge in [-0.25, -0.2) is 4.39 Å². The van der Waals surface area contributed by atoms with Crippen LogP contribution in [0, 0.1) is 5.82 Å². The van der Waals surface area contributed by atoms with Gasteiger partial charge in [0.1, 0.15) is 5.82 Å². The van der Waals surface area contributed by atoms with Crippen LogP contribution in [0.3, 0.4) is 0 Å². The van der Waals surface area contributed by atoms with Crippen LogP contribution in [0.5, 0.6) is 0 Å². The van der Waals surface area contributed by atoms with E-state index in [-0.39, 0.29) is 5.82 Å². The van der Waals surface area contributed by atoms with Crippen molar-refractivity contribution in [3.8, 4) is 0 Å². The molecule has 0 aliphatic heterocycles. The molecule has 0 fully saturated rings. The predicted molar refractivity (Wildman–Crippen MR) is 53.2 cm³/mol. The Hall–Kier alpha value is -1.15. The van der Waals surface area contributed by atoms with Crippen molar-refractivity contribution in [3.63, 3.8) is 0 Å². The van der Waals surface area contributed by atoms with E-state index in [0.717, 1.165) is 24.1 Å². The molecule has 1 rings (SSSR count). The molecule has 70 valence electrons. The van der Waals surface area contributed by atoms with Crippen LogP contribution in [-0.2, 0) is 6.42 Å². The van der Waals surface area contributed by atoms with Gasteiger partial charge in [0.05, 0.1) is 0 Å². The second-order valence-corrected chi connectivity index (χ2v) is 3.09. The van der Waals surface area contributed by atoms with Gasteiger partial charge in [-0.3, -0.25) is 0 Å². The van der Waals surface area contributed by atoms with Gasteiger partial charge in [0.25, 0.3) is 0 Å². The number of nitrogens with one attached hydrogen (secondary N) is 1. The average Bonchev–Trinajstić information content (AvgIpc) is 2.04. The Morgan fingerprint density at radius 1 is 1.54 bits per heavy atom. The van der Waals surface area contributed by atoms with Crippen LogP contribution in [0.1, 0.15) is 5.56 Å². The highest BCUT2D eigenvalue weighted by Crippen LogP contribution is 2.07. The Kier molecular flexibility index (Phi) is 3.65. The molecule has 0 atom stereocenters. The highest BCUT2D eigenvalue weighted by Gasteiger charge is 1.97. The summed E-state index contributed by atoms with van der Waals surface area (Å²) in [5.41, 5.74) is 2.04. The molecular formula is C11H14FN. The van der Waals surface area contributed by atoms with Crippen molar-refractivity contribution >= 4 is 0 Å². The van der Waals surface area contributed by atoms with Crippen LogP contribution in [0.2, 0.25) is 0 Å². The van der Waals surface area contributed by atoms with Crippen molar-refractivity contribution in [2.75, 3.05) is 13.6 Å². The van der Waals surface area contributed by atoms with Crippen LogP contribution in [-0.4, -0.2) is 13.6 Å². The summed E-state index contributed by atoms with van der Waals surface area (Å²) in [6, 6.07) is 6.62. The van der Waals surface area contributed by atoms with E-state index in [1.165, 1.54) is 6.07 Å². The third-order valence-corrected chi connectivity index (χ3v) is 1.77. The monoisotopic (exact) mass is 179 g/mol. The van der Waals surface area contributed by atoms with Crippen LogP contribution in [0.15, 0.2) is 36.4 Å². The van der Waals surface area contributed by atoms with E-state index in [1.807, 2.05) is 13.1 Å². The van der Waals surface area contributed by atoms with Gasteiger partial charge in [0.2, 0.25) is 0 Å². The van der Waals surface area contributed by atoms with E-state index in [2.05, 4.69) is 11.9 Å². The van der Waals surface area contributed by atoms with Gasteiger partial charge in [0.15, 0.2) is 0 Å². The fraction of sp³-hybridized carbons (Fsp3) is 0.273. The predicted octanol–water partition coefficient (Wildman–Crippen LogP) is 2.14. The topological polar surface area (TPSA) is 12.0 Å². The molecule has 0 bridgehead atoms. The first-order valence-electron chi connectivity index (χ1n) is 4.28. The average molecular weight is 179 g/mol. The van der Waals surface area contributed by atoms with Gasteiger partial charge in [-0.15, -0.1) is 0 Å². The zero-order chi connectivity index (χ0) is 9.68. The van der Waals surface area contributed by atoms with Crippen molar-refractivity contribution < 1.29 is 4.39 Å². The van der Waals surface area contributed by atoms with Gasteiger partial charge >= 0.3 is 0 Å². The number of rotatable bonds is 4. The lowest BCUT2D eigenvalue weighted by Gasteiger charge is -2.04. The Balaban J connectivity index is 2.58. The standard InChI is InChI=1S/C11H14FN/c1-9(8-13-2)6-10-4-3-5-11(12)7-10/h3-5,7,13H,1,6,8H2,2H3. The SMILES string of the molecule is C=C(CNC)Cc1cccc(F)c1. The van der Waals surface area contributed by atoms with E-state index < -0.39 is 0 Å². The highest BCUT2D eigenvalue weighted by atomic mass is 19.1. The number of likely N-dealkylation sites (N-methyl/N-ethyl adjacent to an activating group) is 1. The Labute approximate surface area is 78.3 Å². The second-order valence-electron chi connectivity index (χ2n) is 3.09. The molecular weight excluding hydrogens is 165 g/mol. The van der Waals surface area contributed by atoms with Crippen molar-refractivity contribution in [2.45, 2.75) is 6.42 Å². The molecule has 1 aromatic carbocycles. The molecule has 1 nitrogen and oxygen atoms in total. The van der Waals surface area contributed by atoms with Crippen molar-refractivity contribution in [1.82, 2.24) is 5.32 Å². The Morgan fingerprint density at radius 2 is 2.31 bits per heavy atom. The molecule has 0 amide bonds. The summed E-state index contributed by atoms with van der Waals surface area (Å²) in [5, 5.41) is 3.01. The Bertz CT molecular complexity index is 294. The minimum Gasteiger partial charge on any atom is -0.316 e. The molecule has 0 heterocycles. The maximum Gasteiger partial charge on any atom is 0.123 e. The molecule has 0 aromatic heterocycles. The van der Waals surface area contributed by atoms with E-state index in [0.29, 0.717) is 0 Å². The summed E-state index contributed by atoms with van der Waals surface area (Å²) in [6.07, 6.45) is 0.735. The summed E-state index contributed by atoms with van der Waals surface area (Å²) < 4.78 is 12.8. The normalized spacial score (nSPS) is 10.0. The number of hydrogen-bond acceptors (Lipinski definition) is 1. The van der Waals surface area contributed by atoms with Crippen molar-refractivity contribution in [2.24, 2.45) is 0 Å². The summed E-state index contributed by atoms with van der Waals surface area (Å²) in [7, 11) is 1.87. The van der Waals surface area contributed by atoms with Crippen LogP contribution in [0.25, 0.3) is 0 Å². The molecule has 1 N–H and O–H groups in total. The van der Waals surface area contributed by atoms with E-state index in [9.17, 15) is 4.39 Å². The zero-order valence-electron chi connectivity index (χ0n) is 7.81. The fourth-order valence-electron chi connectivity index (χ4n) is 1.25. The van der Waals surface area contributed by atoms with Crippen molar-refractivity contribution in [1.29, 1.82) is 0 Å². The van der Waals surface area contributed by atoms with Crippen LogP contribution in [0.4, 0.5) is 4.39 Å². The maximum atomic E-state index is 12.8. The maximum absolute atomic E-state index is 12.8. The number of hydrogen-bond donors (Lipinski definition) is 1. The van der Waals surface area contributed by atoms with E-state index in [4.69, 9.17) is 0 Å². The smallest absolute Gasteiger partial charge is 0.123 e. The Morgan fingerprint density at radius 3 is 2.92 bits per heavy atom. The summed E-state index contributed by atoms with van der Waals surface area (Å²) in [5.74, 6) is -0.185. The minimum absolute atomic E-state index is 0.185. The lowest BCUT2D eigenvalue weighted by molar-refractivity contribution is 0.626. The molecule has 0 aliphatic rings. The largest absolute Gasteiger partial charge is 0.316 e. The lowest BCUT2D eigenvalue weighted by atomic mass is 10.1. The summed E-state index contributed by atoms with van der Waals surface area (Å²) in [4.78, 5) is 0. The molecule has 0 radical (unpaired) electrons. The number of halogens is 1. The summed E-state index contributed by atoms with van der Waals surface area (Å²) >= 11 is 0. The quantitative estimate of drug-likeness (QED) is 0.698. The van der Waals surface area contributed by atoms with E-state index in [1.54, 1.807) is 12.1 Å². The molecule has 0 spiro atoms. The van der Waals surface area contributed by atoms with Gasteiger partial charge in [-0.1, -0.05) is 24.3 Å². The van der Waals surface area contributed by atoms with Gasteiger partial charge in [-0.05, 0) is 31.2 Å². The van der Waals surface area contributed by atoms with E-state index >= 15 is 0 Å². The molecule has 0 saturated carbocycles. The molecule has 0 unspecified atom stereocenters. The third kappa shape index (κ3) is 3.38. The zero-order valence-corrected chi connectivity index (χ0v) is 7.81. The highest BCUT2D eigenvalue weighted by molar-refractivity contribution is 5.21. The molecule has 0 saturated heterocycles. The van der Waals surface area contributed by atoms with Crippen LogP contribution >= 0.6 is 0 Å². The van der Waals surface area contributed by atoms with Crippen molar-refractivity contribution in [3.05, 3.63) is 47.8 Å². The minimum atomic E-state index is -0.185. The fourth-order valence-corrected chi connectivity index (χ4v) is 1.25. The van der Waals surface area contributed by atoms with Gasteiger partial charge < -0.3 is 5.32 Å². The van der Waals surface area contributed by atoms with Crippen LogP contribution < -0.4 is 5.32 Å². The molecule has 2 heteroatoms. The molecule has 0 aliphatic carbocycles. The summed E-state index contributed by atoms with van der Waals surface area (Å²) in [6.45, 7) is 4.66. The first kappa shape index (κ1) is 9.93. The lowest BCUT2D eigenvalue weighted by Crippen LogP contribution is -2.11.